The number of rotatable bonds is 8. The zero-order chi connectivity index (χ0) is 21.7. The molecule has 0 radical (unpaired) electrons. The van der Waals surface area contributed by atoms with Crippen molar-refractivity contribution in [1.82, 2.24) is 9.66 Å². The van der Waals surface area contributed by atoms with Gasteiger partial charge in [-0.3, -0.25) is 4.79 Å². The van der Waals surface area contributed by atoms with E-state index in [0.717, 1.165) is 16.5 Å². The minimum Gasteiger partial charge on any atom is -0.399 e. The highest BCUT2D eigenvalue weighted by atomic mass is 31.2. The lowest BCUT2D eigenvalue weighted by atomic mass is 10.1. The lowest BCUT2D eigenvalue weighted by molar-refractivity contribution is 0.387. The number of hydrogen-bond donors (Lipinski definition) is 1. The van der Waals surface area contributed by atoms with E-state index in [2.05, 4.69) is 10.2 Å². The predicted octanol–water partition coefficient (Wildman–Crippen LogP) is 5.16. The minimum atomic E-state index is -4.08. The van der Waals surface area contributed by atoms with Crippen molar-refractivity contribution in [3.8, 4) is 11.5 Å². The zero-order valence-corrected chi connectivity index (χ0v) is 17.9. The summed E-state index contributed by atoms with van der Waals surface area (Å²) in [5.74, 6) is 0.675. The topological polar surface area (TPSA) is 82.5 Å². The van der Waals surface area contributed by atoms with Crippen molar-refractivity contribution >= 4 is 18.8 Å². The highest BCUT2D eigenvalue weighted by Gasteiger charge is 2.31. The van der Waals surface area contributed by atoms with E-state index in [9.17, 15) is 9.36 Å². The monoisotopic (exact) mass is 435 g/mol. The molecule has 0 aliphatic rings. The maximum atomic E-state index is 13.8. The first-order chi connectivity index (χ1) is 15.1. The van der Waals surface area contributed by atoms with Crippen molar-refractivity contribution in [2.24, 2.45) is 0 Å². The quantitative estimate of drug-likeness (QED) is 0.385. The summed E-state index contributed by atoms with van der Waals surface area (Å²) in [6.45, 7) is 1.99. The van der Waals surface area contributed by atoms with Crippen LogP contribution in [0.2, 0.25) is 0 Å². The Balaban J connectivity index is 1.81. The van der Waals surface area contributed by atoms with Crippen LogP contribution < -0.4 is 19.8 Å². The van der Waals surface area contributed by atoms with Gasteiger partial charge < -0.3 is 9.05 Å². The van der Waals surface area contributed by atoms with Gasteiger partial charge in [0.05, 0.1) is 0 Å². The Bertz CT molecular complexity index is 1230. The van der Waals surface area contributed by atoms with E-state index in [1.807, 2.05) is 31.2 Å². The second-order valence-corrected chi connectivity index (χ2v) is 8.44. The Morgan fingerprint density at radius 3 is 2.13 bits per heavy atom. The molecule has 0 aliphatic heterocycles. The summed E-state index contributed by atoms with van der Waals surface area (Å²) in [5.41, 5.74) is 0.573. The van der Waals surface area contributed by atoms with E-state index in [1.165, 1.54) is 0 Å². The maximum absolute atomic E-state index is 13.8. The van der Waals surface area contributed by atoms with Crippen LogP contribution in [0.3, 0.4) is 0 Å². The van der Waals surface area contributed by atoms with Crippen molar-refractivity contribution < 1.29 is 13.6 Å². The summed E-state index contributed by atoms with van der Waals surface area (Å²) in [6, 6.07) is 22.8. The smallest absolute Gasteiger partial charge is 0.399 e. The molecule has 4 aromatic rings. The van der Waals surface area contributed by atoms with Gasteiger partial charge in [-0.1, -0.05) is 49.7 Å². The molecule has 2 aromatic carbocycles. The van der Waals surface area contributed by atoms with Gasteiger partial charge in [-0.25, -0.2) is 14.7 Å². The van der Waals surface area contributed by atoms with Crippen LogP contribution >= 0.6 is 7.75 Å². The van der Waals surface area contributed by atoms with Crippen LogP contribution in [0.1, 0.15) is 18.9 Å². The standard InChI is InChI=1S/C23H22N3O4P/c1-2-10-19-17-18-11-9-16-24-22(18)26(23(19)27)25-31(28,29-20-12-5-3-6-13-20)30-21-14-7-4-8-15-21/h3-9,11-17H,2,10H2,1H3,(H,25,28). The SMILES string of the molecule is CCCc1cc2cccnc2n(NP(=O)(Oc2ccccc2)Oc2ccccc2)c1=O. The van der Waals surface area contributed by atoms with Crippen LogP contribution in [0.15, 0.2) is 89.9 Å². The van der Waals surface area contributed by atoms with Gasteiger partial charge >= 0.3 is 7.75 Å². The summed E-state index contributed by atoms with van der Waals surface area (Å²) in [6.07, 6.45) is 2.94. The highest BCUT2D eigenvalue weighted by molar-refractivity contribution is 7.55. The molecule has 2 aromatic heterocycles. The van der Waals surface area contributed by atoms with Gasteiger partial charge in [0.25, 0.3) is 5.56 Å². The van der Waals surface area contributed by atoms with Gasteiger partial charge in [0, 0.05) is 17.1 Å². The number of aromatic nitrogens is 2. The molecule has 8 heteroatoms. The van der Waals surface area contributed by atoms with Gasteiger partial charge in [0.1, 0.15) is 11.5 Å². The molecule has 0 spiro atoms. The molecule has 0 atom stereocenters. The fourth-order valence-corrected chi connectivity index (χ4v) is 4.51. The van der Waals surface area contributed by atoms with Gasteiger partial charge in [-0.15, -0.1) is 0 Å². The molecule has 4 rings (SSSR count). The Morgan fingerprint density at radius 2 is 1.55 bits per heavy atom. The van der Waals surface area contributed by atoms with Gasteiger partial charge in [-0.2, -0.15) is 4.68 Å². The first-order valence-electron chi connectivity index (χ1n) is 9.95. The summed E-state index contributed by atoms with van der Waals surface area (Å²) in [5, 5.41) is 3.46. The average Bonchev–Trinajstić information content (AvgIpc) is 2.78. The second-order valence-electron chi connectivity index (χ2n) is 6.88. The molecule has 0 aliphatic carbocycles. The Morgan fingerprint density at radius 1 is 0.935 bits per heavy atom. The first-order valence-corrected chi connectivity index (χ1v) is 11.5. The van der Waals surface area contributed by atoms with Crippen molar-refractivity contribution in [2.75, 3.05) is 5.20 Å². The number of benzene rings is 2. The molecule has 1 N–H and O–H groups in total. The summed E-state index contributed by atoms with van der Waals surface area (Å²) in [4.78, 5) is 17.5. The highest BCUT2D eigenvalue weighted by Crippen LogP contribution is 2.46. The summed E-state index contributed by atoms with van der Waals surface area (Å²) >= 11 is 0. The number of nitrogens with zero attached hydrogens (tertiary/aromatic N) is 2. The average molecular weight is 435 g/mol. The van der Waals surface area contributed by atoms with Crippen LogP contribution in [0.4, 0.5) is 0 Å². The van der Waals surface area contributed by atoms with E-state index < -0.39 is 7.75 Å². The van der Waals surface area contributed by atoms with E-state index in [0.29, 0.717) is 29.1 Å². The third kappa shape index (κ3) is 4.78. The third-order valence-corrected chi connectivity index (χ3v) is 5.86. The van der Waals surface area contributed by atoms with Crippen LogP contribution in [0.25, 0.3) is 11.0 Å². The number of fused-ring (bicyclic) bond motifs is 1. The Hall–Kier alpha value is -3.57. The van der Waals surface area contributed by atoms with E-state index in [4.69, 9.17) is 9.05 Å². The zero-order valence-electron chi connectivity index (χ0n) is 17.0. The maximum Gasteiger partial charge on any atom is 0.556 e. The van der Waals surface area contributed by atoms with E-state index >= 15 is 0 Å². The summed E-state index contributed by atoms with van der Waals surface area (Å²) < 4.78 is 26.5. The largest absolute Gasteiger partial charge is 0.556 e. The van der Waals surface area contributed by atoms with Crippen LogP contribution in [0, 0.1) is 0 Å². The number of nitrogens with one attached hydrogen (secondary N) is 1. The molecule has 7 nitrogen and oxygen atoms in total. The molecular formula is C23H22N3O4P. The van der Waals surface area contributed by atoms with Crippen molar-refractivity contribution in [2.45, 2.75) is 19.8 Å². The number of para-hydroxylation sites is 2. The van der Waals surface area contributed by atoms with Crippen LogP contribution in [0.5, 0.6) is 11.5 Å². The van der Waals surface area contributed by atoms with Crippen molar-refractivity contribution in [3.05, 3.63) is 101 Å². The third-order valence-electron chi connectivity index (χ3n) is 4.52. The van der Waals surface area contributed by atoms with Crippen LogP contribution in [-0.2, 0) is 11.0 Å². The molecule has 0 fully saturated rings. The van der Waals surface area contributed by atoms with Crippen molar-refractivity contribution in [1.29, 1.82) is 0 Å². The number of hydrogen-bond acceptors (Lipinski definition) is 5. The Labute approximate surface area is 179 Å². The fourth-order valence-electron chi connectivity index (χ4n) is 3.16. The fraction of sp³-hybridized carbons (Fsp3) is 0.130. The first kappa shape index (κ1) is 20.7. The molecule has 0 saturated carbocycles. The number of aryl methyl sites for hydroxylation is 1. The molecule has 0 amide bonds. The van der Waals surface area contributed by atoms with Gasteiger partial charge in [-0.05, 0) is 48.9 Å². The molecule has 0 unspecified atom stereocenters. The lowest BCUT2D eigenvalue weighted by Gasteiger charge is -2.22. The molecule has 158 valence electrons. The van der Waals surface area contributed by atoms with Gasteiger partial charge in [0.2, 0.25) is 0 Å². The molecule has 2 heterocycles. The van der Waals surface area contributed by atoms with Gasteiger partial charge in [0.15, 0.2) is 5.65 Å². The number of pyridine rings is 2. The molecule has 0 bridgehead atoms. The summed E-state index contributed by atoms with van der Waals surface area (Å²) in [7, 11) is -4.08. The van der Waals surface area contributed by atoms with Crippen LogP contribution in [-0.4, -0.2) is 9.66 Å². The minimum absolute atomic E-state index is 0.334. The van der Waals surface area contributed by atoms with Crippen molar-refractivity contribution in [3.63, 3.8) is 0 Å². The normalized spacial score (nSPS) is 11.3. The van der Waals surface area contributed by atoms with E-state index in [-0.39, 0.29) is 5.56 Å². The lowest BCUT2D eigenvalue weighted by Crippen LogP contribution is -2.32. The second kappa shape index (κ2) is 9.06. The van der Waals surface area contributed by atoms with E-state index in [1.54, 1.807) is 60.8 Å². The molecular weight excluding hydrogens is 413 g/mol. The predicted molar refractivity (Wildman–Crippen MR) is 121 cm³/mol. The molecule has 0 saturated heterocycles. The Kier molecular flexibility index (Phi) is 6.05. The molecule has 31 heavy (non-hydrogen) atoms.